The van der Waals surface area contributed by atoms with E-state index < -0.39 is 5.97 Å². The highest BCUT2D eigenvalue weighted by Gasteiger charge is 2.12. The highest BCUT2D eigenvalue weighted by molar-refractivity contribution is 6.01. The van der Waals surface area contributed by atoms with Crippen LogP contribution in [0.15, 0.2) is 41.5 Å². The molecular weight excluding hydrogens is 254 g/mol. The standard InChI is InChI=1S/C16H21NO3/c1-11(14-7-5-4-6-8-14)9-10-17-15(18)12(2)13(3)16(19)20/h4-8,11H,9-10H2,1-3H3,(H,17,18)(H,19,20). The number of benzene rings is 1. The van der Waals surface area contributed by atoms with Gasteiger partial charge in [-0.2, -0.15) is 0 Å². The second-order valence-electron chi connectivity index (χ2n) is 4.91. The summed E-state index contributed by atoms with van der Waals surface area (Å²) in [5.74, 6) is -1.03. The first-order valence-electron chi connectivity index (χ1n) is 6.67. The topological polar surface area (TPSA) is 66.4 Å². The van der Waals surface area contributed by atoms with E-state index in [1.807, 2.05) is 18.2 Å². The lowest BCUT2D eigenvalue weighted by molar-refractivity contribution is -0.133. The second-order valence-corrected chi connectivity index (χ2v) is 4.91. The maximum absolute atomic E-state index is 11.8. The van der Waals surface area contributed by atoms with Crippen molar-refractivity contribution < 1.29 is 14.7 Å². The fraction of sp³-hybridized carbons (Fsp3) is 0.375. The van der Waals surface area contributed by atoms with Crippen LogP contribution in [0.5, 0.6) is 0 Å². The molecule has 0 aromatic heterocycles. The van der Waals surface area contributed by atoms with Gasteiger partial charge in [-0.3, -0.25) is 4.79 Å². The highest BCUT2D eigenvalue weighted by atomic mass is 16.4. The molecule has 4 nitrogen and oxygen atoms in total. The van der Waals surface area contributed by atoms with Crippen molar-refractivity contribution in [1.29, 1.82) is 0 Å². The number of nitrogens with one attached hydrogen (secondary N) is 1. The summed E-state index contributed by atoms with van der Waals surface area (Å²) in [6, 6.07) is 10.1. The Bertz CT molecular complexity index is 506. The third kappa shape index (κ3) is 4.53. The number of carboxylic acid groups (broad SMARTS) is 1. The van der Waals surface area contributed by atoms with Crippen molar-refractivity contribution in [2.45, 2.75) is 33.1 Å². The monoisotopic (exact) mass is 275 g/mol. The lowest BCUT2D eigenvalue weighted by Gasteiger charge is -2.13. The van der Waals surface area contributed by atoms with Crippen LogP contribution in [0.3, 0.4) is 0 Å². The molecule has 0 aliphatic carbocycles. The van der Waals surface area contributed by atoms with E-state index in [9.17, 15) is 9.59 Å². The van der Waals surface area contributed by atoms with Crippen LogP contribution in [-0.4, -0.2) is 23.5 Å². The number of carboxylic acids is 1. The van der Waals surface area contributed by atoms with Gasteiger partial charge in [0, 0.05) is 17.7 Å². The third-order valence-electron chi connectivity index (χ3n) is 3.46. The average molecular weight is 275 g/mol. The van der Waals surface area contributed by atoms with Gasteiger partial charge in [-0.1, -0.05) is 37.3 Å². The minimum atomic E-state index is -1.06. The van der Waals surface area contributed by atoms with E-state index in [1.165, 1.54) is 19.4 Å². The van der Waals surface area contributed by atoms with Gasteiger partial charge in [0.15, 0.2) is 0 Å². The van der Waals surface area contributed by atoms with Gasteiger partial charge in [-0.25, -0.2) is 4.79 Å². The summed E-state index contributed by atoms with van der Waals surface area (Å²) in [5, 5.41) is 11.6. The molecule has 0 saturated heterocycles. The number of carbonyl (C=O) groups is 2. The van der Waals surface area contributed by atoms with Gasteiger partial charge in [-0.15, -0.1) is 0 Å². The molecule has 2 N–H and O–H groups in total. The SMILES string of the molecule is CC(C(=O)O)=C(C)C(=O)NCCC(C)c1ccccc1. The first-order chi connectivity index (χ1) is 9.43. The number of rotatable bonds is 6. The van der Waals surface area contributed by atoms with Crippen molar-refractivity contribution in [3.8, 4) is 0 Å². The highest BCUT2D eigenvalue weighted by Crippen LogP contribution is 2.17. The Hall–Kier alpha value is -2.10. The maximum atomic E-state index is 11.8. The molecule has 1 aromatic carbocycles. The number of amides is 1. The zero-order valence-corrected chi connectivity index (χ0v) is 12.1. The van der Waals surface area contributed by atoms with Crippen molar-refractivity contribution in [1.82, 2.24) is 5.32 Å². The molecule has 1 rings (SSSR count). The summed E-state index contributed by atoms with van der Waals surface area (Å²) < 4.78 is 0. The van der Waals surface area contributed by atoms with E-state index in [0.29, 0.717) is 12.5 Å². The van der Waals surface area contributed by atoms with E-state index in [2.05, 4.69) is 24.4 Å². The number of hydrogen-bond acceptors (Lipinski definition) is 2. The predicted octanol–water partition coefficient (Wildman–Crippen LogP) is 2.72. The molecule has 0 radical (unpaired) electrons. The first kappa shape index (κ1) is 16.0. The zero-order chi connectivity index (χ0) is 15.1. The number of hydrogen-bond donors (Lipinski definition) is 2. The Morgan fingerprint density at radius 1 is 1.15 bits per heavy atom. The smallest absolute Gasteiger partial charge is 0.331 e. The number of aliphatic carboxylic acids is 1. The minimum Gasteiger partial charge on any atom is -0.478 e. The molecule has 4 heteroatoms. The minimum absolute atomic E-state index is 0.0820. The molecular formula is C16H21NO3. The van der Waals surface area contributed by atoms with Gasteiger partial charge in [0.05, 0.1) is 0 Å². The molecule has 1 aromatic rings. The van der Waals surface area contributed by atoms with Gasteiger partial charge in [0.1, 0.15) is 0 Å². The molecule has 1 atom stereocenters. The van der Waals surface area contributed by atoms with E-state index >= 15 is 0 Å². The van der Waals surface area contributed by atoms with E-state index in [1.54, 1.807) is 0 Å². The van der Waals surface area contributed by atoms with Gasteiger partial charge in [0.25, 0.3) is 0 Å². The van der Waals surface area contributed by atoms with Crippen LogP contribution in [0.2, 0.25) is 0 Å². The van der Waals surface area contributed by atoms with Gasteiger partial charge in [0.2, 0.25) is 5.91 Å². The largest absolute Gasteiger partial charge is 0.478 e. The molecule has 1 unspecified atom stereocenters. The Morgan fingerprint density at radius 2 is 1.75 bits per heavy atom. The van der Waals surface area contributed by atoms with Crippen LogP contribution < -0.4 is 5.32 Å². The lowest BCUT2D eigenvalue weighted by Crippen LogP contribution is -2.27. The molecule has 0 saturated carbocycles. The summed E-state index contributed by atoms with van der Waals surface area (Å²) in [4.78, 5) is 22.5. The first-order valence-corrected chi connectivity index (χ1v) is 6.67. The van der Waals surface area contributed by atoms with Crippen molar-refractivity contribution in [2.75, 3.05) is 6.54 Å². The fourth-order valence-corrected chi connectivity index (χ4v) is 1.81. The summed E-state index contributed by atoms with van der Waals surface area (Å²) in [6.45, 7) is 5.59. The maximum Gasteiger partial charge on any atom is 0.331 e. The Labute approximate surface area is 119 Å². The molecule has 1 amide bonds. The Morgan fingerprint density at radius 3 is 2.30 bits per heavy atom. The average Bonchev–Trinajstić information content (AvgIpc) is 2.46. The Balaban J connectivity index is 2.47. The predicted molar refractivity (Wildman–Crippen MR) is 78.5 cm³/mol. The van der Waals surface area contributed by atoms with Crippen LogP contribution in [0, 0.1) is 0 Å². The van der Waals surface area contributed by atoms with Crippen LogP contribution in [0.4, 0.5) is 0 Å². The van der Waals surface area contributed by atoms with E-state index in [4.69, 9.17) is 5.11 Å². The normalized spacial score (nSPS) is 13.3. The van der Waals surface area contributed by atoms with Crippen molar-refractivity contribution in [2.24, 2.45) is 0 Å². The molecule has 20 heavy (non-hydrogen) atoms. The van der Waals surface area contributed by atoms with Crippen LogP contribution in [-0.2, 0) is 9.59 Å². The van der Waals surface area contributed by atoms with Crippen molar-refractivity contribution in [3.63, 3.8) is 0 Å². The summed E-state index contributed by atoms with van der Waals surface area (Å²) in [7, 11) is 0. The van der Waals surface area contributed by atoms with Crippen LogP contribution >= 0.6 is 0 Å². The van der Waals surface area contributed by atoms with Gasteiger partial charge >= 0.3 is 5.97 Å². The van der Waals surface area contributed by atoms with Crippen molar-refractivity contribution in [3.05, 3.63) is 47.0 Å². The molecule has 108 valence electrons. The van der Waals surface area contributed by atoms with Crippen molar-refractivity contribution >= 4 is 11.9 Å². The molecule has 0 fully saturated rings. The van der Waals surface area contributed by atoms with Crippen LogP contribution in [0.1, 0.15) is 38.7 Å². The fourth-order valence-electron chi connectivity index (χ4n) is 1.81. The third-order valence-corrected chi connectivity index (χ3v) is 3.46. The lowest BCUT2D eigenvalue weighted by atomic mass is 9.98. The second kappa shape index (κ2) is 7.48. The molecule has 0 aliphatic rings. The summed E-state index contributed by atoms with van der Waals surface area (Å²) >= 11 is 0. The zero-order valence-electron chi connectivity index (χ0n) is 12.1. The number of carbonyl (C=O) groups excluding carboxylic acids is 1. The Kier molecular flexibility index (Phi) is 5.97. The summed E-state index contributed by atoms with van der Waals surface area (Å²) in [6.07, 6.45) is 0.815. The molecule has 0 aliphatic heterocycles. The van der Waals surface area contributed by atoms with E-state index in [-0.39, 0.29) is 17.1 Å². The quantitative estimate of drug-likeness (QED) is 0.784. The molecule has 0 bridgehead atoms. The molecule has 0 spiro atoms. The van der Waals surface area contributed by atoms with E-state index in [0.717, 1.165) is 6.42 Å². The van der Waals surface area contributed by atoms with Crippen LogP contribution in [0.25, 0.3) is 0 Å². The molecule has 0 heterocycles. The van der Waals surface area contributed by atoms with Gasteiger partial charge in [-0.05, 0) is 31.7 Å². The van der Waals surface area contributed by atoms with Gasteiger partial charge < -0.3 is 10.4 Å². The summed E-state index contributed by atoms with van der Waals surface area (Å²) in [5.41, 5.74) is 1.57.